The summed E-state index contributed by atoms with van der Waals surface area (Å²) in [5.74, 6) is -0.144. The van der Waals surface area contributed by atoms with Crippen molar-refractivity contribution < 1.29 is 10.2 Å². The monoisotopic (exact) mass is 133 g/mol. The van der Waals surface area contributed by atoms with Gasteiger partial charge < -0.3 is 15.9 Å². The minimum absolute atomic E-state index is 0.0223. The number of hydrogen-bond acceptors (Lipinski definition) is 3. The maximum Gasteiger partial charge on any atom is 0.0599 e. The molecule has 0 saturated heterocycles. The lowest BCUT2D eigenvalue weighted by Gasteiger charge is -2.16. The molecule has 3 nitrogen and oxygen atoms in total. The first kappa shape index (κ1) is 8.88. The van der Waals surface area contributed by atoms with Gasteiger partial charge in [-0.2, -0.15) is 0 Å². The molecule has 9 heavy (non-hydrogen) atoms. The van der Waals surface area contributed by atoms with E-state index in [1.807, 2.05) is 6.92 Å². The van der Waals surface area contributed by atoms with Gasteiger partial charge in [-0.25, -0.2) is 0 Å². The summed E-state index contributed by atoms with van der Waals surface area (Å²) in [6.45, 7) is 2.19. The molecule has 3 heteroatoms. The van der Waals surface area contributed by atoms with Gasteiger partial charge in [0.15, 0.2) is 0 Å². The van der Waals surface area contributed by atoms with Gasteiger partial charge in [-0.15, -0.1) is 0 Å². The highest BCUT2D eigenvalue weighted by Crippen LogP contribution is 2.03. The Bertz CT molecular complexity index is 64.1. The quantitative estimate of drug-likeness (QED) is 0.476. The minimum Gasteiger partial charge on any atom is -0.396 e. The molecule has 0 aromatic heterocycles. The summed E-state index contributed by atoms with van der Waals surface area (Å²) in [5.41, 5.74) is 5.24. The van der Waals surface area contributed by atoms with Crippen molar-refractivity contribution in [1.82, 2.24) is 0 Å². The van der Waals surface area contributed by atoms with Crippen LogP contribution in [-0.2, 0) is 0 Å². The molecule has 0 aromatic carbocycles. The van der Waals surface area contributed by atoms with Crippen LogP contribution in [0.1, 0.15) is 13.3 Å². The highest BCUT2D eigenvalue weighted by molar-refractivity contribution is 4.66. The first-order valence-electron chi connectivity index (χ1n) is 3.25. The van der Waals surface area contributed by atoms with E-state index in [4.69, 9.17) is 15.9 Å². The van der Waals surface area contributed by atoms with Crippen LogP contribution in [-0.4, -0.2) is 29.5 Å². The lowest BCUT2D eigenvalue weighted by Crippen LogP contribution is -2.30. The van der Waals surface area contributed by atoms with Gasteiger partial charge in [-0.05, 0) is 13.0 Å². The molecule has 0 radical (unpaired) electrons. The summed E-state index contributed by atoms with van der Waals surface area (Å²) in [4.78, 5) is 0. The molecule has 0 amide bonds. The fraction of sp³-hybridized carbons (Fsp3) is 1.00. The molecule has 0 aromatic rings. The van der Waals surface area contributed by atoms with E-state index in [-0.39, 0.29) is 12.5 Å². The summed E-state index contributed by atoms with van der Waals surface area (Å²) < 4.78 is 0. The largest absolute Gasteiger partial charge is 0.396 e. The molecule has 0 heterocycles. The Morgan fingerprint density at radius 3 is 2.22 bits per heavy atom. The van der Waals surface area contributed by atoms with E-state index >= 15 is 0 Å². The average Bonchev–Trinajstić information content (AvgIpc) is 1.90. The first-order valence-corrected chi connectivity index (χ1v) is 3.25. The van der Waals surface area contributed by atoms with Gasteiger partial charge in [0.25, 0.3) is 0 Å². The topological polar surface area (TPSA) is 66.5 Å². The molecular formula is C6H15NO2. The molecule has 0 fully saturated rings. The molecule has 2 atom stereocenters. The number of rotatable bonds is 4. The van der Waals surface area contributed by atoms with E-state index in [1.54, 1.807) is 0 Å². The van der Waals surface area contributed by atoms with E-state index in [2.05, 4.69) is 0 Å². The van der Waals surface area contributed by atoms with Gasteiger partial charge in [0.05, 0.1) is 6.10 Å². The third-order valence-corrected chi connectivity index (χ3v) is 1.50. The van der Waals surface area contributed by atoms with Crippen molar-refractivity contribution in [2.24, 2.45) is 11.7 Å². The summed E-state index contributed by atoms with van der Waals surface area (Å²) in [6, 6.07) is 0. The lowest BCUT2D eigenvalue weighted by atomic mass is 10.0. The van der Waals surface area contributed by atoms with E-state index in [0.717, 1.165) is 0 Å². The van der Waals surface area contributed by atoms with Crippen molar-refractivity contribution in [3.63, 3.8) is 0 Å². The zero-order chi connectivity index (χ0) is 7.28. The van der Waals surface area contributed by atoms with E-state index in [0.29, 0.717) is 13.0 Å². The van der Waals surface area contributed by atoms with Gasteiger partial charge in [-0.1, -0.05) is 6.92 Å². The maximum absolute atomic E-state index is 9.08. The number of aliphatic hydroxyl groups is 2. The molecule has 0 rings (SSSR count). The zero-order valence-corrected chi connectivity index (χ0v) is 5.75. The van der Waals surface area contributed by atoms with Crippen LogP contribution in [0.15, 0.2) is 0 Å². The Labute approximate surface area is 55.5 Å². The smallest absolute Gasteiger partial charge is 0.0599 e. The summed E-state index contributed by atoms with van der Waals surface area (Å²) >= 11 is 0. The Morgan fingerprint density at radius 2 is 2.11 bits per heavy atom. The predicted molar refractivity (Wildman–Crippen MR) is 35.9 cm³/mol. The Hall–Kier alpha value is -0.120. The van der Waals surface area contributed by atoms with Crippen LogP contribution in [0.5, 0.6) is 0 Å². The second kappa shape index (κ2) is 4.73. The highest BCUT2D eigenvalue weighted by atomic mass is 16.3. The Kier molecular flexibility index (Phi) is 4.67. The van der Waals surface area contributed by atoms with Gasteiger partial charge in [0.2, 0.25) is 0 Å². The average molecular weight is 133 g/mol. The molecule has 56 valence electrons. The van der Waals surface area contributed by atoms with Crippen LogP contribution >= 0.6 is 0 Å². The minimum atomic E-state index is -0.444. The van der Waals surface area contributed by atoms with E-state index in [9.17, 15) is 0 Å². The van der Waals surface area contributed by atoms with Crippen molar-refractivity contribution in [1.29, 1.82) is 0 Å². The second-order valence-corrected chi connectivity index (χ2v) is 2.15. The van der Waals surface area contributed by atoms with Crippen molar-refractivity contribution >= 4 is 0 Å². The molecule has 0 aliphatic carbocycles. The lowest BCUT2D eigenvalue weighted by molar-refractivity contribution is 0.0691. The maximum atomic E-state index is 9.08. The first-order chi connectivity index (χ1) is 4.26. The van der Waals surface area contributed by atoms with E-state index < -0.39 is 6.10 Å². The van der Waals surface area contributed by atoms with Crippen LogP contribution in [0.2, 0.25) is 0 Å². The molecule has 0 aliphatic rings. The van der Waals surface area contributed by atoms with Crippen LogP contribution in [0.25, 0.3) is 0 Å². The molecule has 2 unspecified atom stereocenters. The summed E-state index contributed by atoms with van der Waals surface area (Å²) in [5, 5.41) is 17.7. The number of nitrogens with two attached hydrogens (primary N) is 1. The number of aliphatic hydroxyl groups excluding tert-OH is 2. The van der Waals surface area contributed by atoms with Gasteiger partial charge in [0, 0.05) is 12.5 Å². The SMILES string of the molecule is CCC(O)C(CN)CO. The molecular weight excluding hydrogens is 118 g/mol. The number of hydrogen-bond donors (Lipinski definition) is 3. The molecule has 0 bridgehead atoms. The molecule has 4 N–H and O–H groups in total. The highest BCUT2D eigenvalue weighted by Gasteiger charge is 2.13. The van der Waals surface area contributed by atoms with Crippen molar-refractivity contribution in [2.45, 2.75) is 19.4 Å². The third-order valence-electron chi connectivity index (χ3n) is 1.50. The van der Waals surface area contributed by atoms with Gasteiger partial charge in [0.1, 0.15) is 0 Å². The standard InChI is InChI=1S/C6H15NO2/c1-2-6(9)5(3-7)4-8/h5-6,8-9H,2-4,7H2,1H3. The fourth-order valence-electron chi connectivity index (χ4n) is 0.687. The molecule has 0 saturated carbocycles. The Morgan fingerprint density at radius 1 is 1.56 bits per heavy atom. The predicted octanol–water partition coefficient (Wildman–Crippen LogP) is -0.676. The van der Waals surface area contributed by atoms with Gasteiger partial charge in [-0.3, -0.25) is 0 Å². The summed E-state index contributed by atoms with van der Waals surface area (Å²) in [7, 11) is 0. The van der Waals surface area contributed by atoms with Crippen molar-refractivity contribution in [3.8, 4) is 0 Å². The molecule has 0 aliphatic heterocycles. The third kappa shape index (κ3) is 2.79. The van der Waals surface area contributed by atoms with Crippen molar-refractivity contribution in [3.05, 3.63) is 0 Å². The second-order valence-electron chi connectivity index (χ2n) is 2.15. The van der Waals surface area contributed by atoms with Crippen LogP contribution < -0.4 is 5.73 Å². The fourth-order valence-corrected chi connectivity index (χ4v) is 0.687. The van der Waals surface area contributed by atoms with Crippen LogP contribution in [0.3, 0.4) is 0 Å². The molecule has 0 spiro atoms. The normalized spacial score (nSPS) is 17.3. The Balaban J connectivity index is 3.50. The summed E-state index contributed by atoms with van der Waals surface area (Å²) in [6.07, 6.45) is 0.211. The van der Waals surface area contributed by atoms with Crippen LogP contribution in [0.4, 0.5) is 0 Å². The zero-order valence-electron chi connectivity index (χ0n) is 5.75. The van der Waals surface area contributed by atoms with Crippen molar-refractivity contribution in [2.75, 3.05) is 13.2 Å². The van der Waals surface area contributed by atoms with Crippen LogP contribution in [0, 0.1) is 5.92 Å². The van der Waals surface area contributed by atoms with Gasteiger partial charge >= 0.3 is 0 Å². The van der Waals surface area contributed by atoms with E-state index in [1.165, 1.54) is 0 Å².